The van der Waals surface area contributed by atoms with Gasteiger partial charge in [0, 0.05) is 0 Å². The standard InChI is InChI=1S/C12H20O10/c13-1-3-5(14)6(15)8(17)12(20-3)22-10-4-2-19-11(21-4)9(18)7(10)16/h3-18H,1-2H2/t3-,4+,5+,6+,7-,8-,9-,10-,11+,12+/m1/s1. The summed E-state index contributed by atoms with van der Waals surface area (Å²) in [5.41, 5.74) is 0. The average molecular weight is 324 g/mol. The zero-order valence-corrected chi connectivity index (χ0v) is 11.5. The van der Waals surface area contributed by atoms with Crippen LogP contribution in [0.5, 0.6) is 0 Å². The minimum atomic E-state index is -1.60. The van der Waals surface area contributed by atoms with Crippen LogP contribution in [0.1, 0.15) is 0 Å². The van der Waals surface area contributed by atoms with E-state index in [2.05, 4.69) is 0 Å². The summed E-state index contributed by atoms with van der Waals surface area (Å²) in [6.45, 7) is -0.507. The number of hydrogen-bond donors (Lipinski definition) is 6. The normalized spacial score (nSPS) is 55.4. The van der Waals surface area contributed by atoms with E-state index < -0.39 is 68.0 Å². The smallest absolute Gasteiger partial charge is 0.187 e. The van der Waals surface area contributed by atoms with Crippen LogP contribution in [-0.2, 0) is 18.9 Å². The predicted molar refractivity (Wildman–Crippen MR) is 65.3 cm³/mol. The van der Waals surface area contributed by atoms with Gasteiger partial charge in [0.2, 0.25) is 0 Å². The van der Waals surface area contributed by atoms with Gasteiger partial charge < -0.3 is 49.6 Å². The lowest BCUT2D eigenvalue weighted by atomic mass is 9.98. The topological polar surface area (TPSA) is 158 Å². The Bertz CT molecular complexity index is 392. The maximum atomic E-state index is 10.0. The molecule has 3 saturated heterocycles. The highest BCUT2D eigenvalue weighted by Gasteiger charge is 2.53. The van der Waals surface area contributed by atoms with E-state index in [1.165, 1.54) is 0 Å². The first kappa shape index (κ1) is 16.5. The van der Waals surface area contributed by atoms with Crippen LogP contribution in [0.15, 0.2) is 0 Å². The van der Waals surface area contributed by atoms with Crippen molar-refractivity contribution in [2.45, 2.75) is 61.4 Å². The molecule has 0 aromatic rings. The Morgan fingerprint density at radius 2 is 1.59 bits per heavy atom. The molecule has 0 spiro atoms. The summed E-state index contributed by atoms with van der Waals surface area (Å²) in [5.74, 6) is 0. The van der Waals surface area contributed by atoms with Crippen molar-refractivity contribution in [2.75, 3.05) is 13.2 Å². The van der Waals surface area contributed by atoms with Crippen molar-refractivity contribution in [1.29, 1.82) is 0 Å². The summed E-state index contributed by atoms with van der Waals surface area (Å²) in [6, 6.07) is 0. The Morgan fingerprint density at radius 1 is 0.864 bits per heavy atom. The number of aliphatic hydroxyl groups excluding tert-OH is 6. The lowest BCUT2D eigenvalue weighted by Crippen LogP contribution is -2.62. The first-order valence-electron chi connectivity index (χ1n) is 7.03. The maximum Gasteiger partial charge on any atom is 0.187 e. The van der Waals surface area contributed by atoms with Gasteiger partial charge in [0.15, 0.2) is 12.6 Å². The molecule has 0 unspecified atom stereocenters. The molecule has 22 heavy (non-hydrogen) atoms. The summed E-state index contributed by atoms with van der Waals surface area (Å²) < 4.78 is 21.1. The van der Waals surface area contributed by atoms with E-state index in [4.69, 9.17) is 24.1 Å². The van der Waals surface area contributed by atoms with Gasteiger partial charge in [-0.15, -0.1) is 0 Å². The van der Waals surface area contributed by atoms with Crippen molar-refractivity contribution >= 4 is 0 Å². The lowest BCUT2D eigenvalue weighted by molar-refractivity contribution is -0.337. The molecule has 2 bridgehead atoms. The molecule has 128 valence electrons. The Morgan fingerprint density at radius 3 is 2.27 bits per heavy atom. The Hall–Kier alpha value is -0.400. The van der Waals surface area contributed by atoms with Crippen LogP contribution in [0.4, 0.5) is 0 Å². The molecule has 3 rings (SSSR count). The Balaban J connectivity index is 1.71. The second-order valence-corrected chi connectivity index (χ2v) is 5.66. The summed E-state index contributed by atoms with van der Waals surface area (Å²) in [7, 11) is 0. The van der Waals surface area contributed by atoms with Crippen molar-refractivity contribution in [2.24, 2.45) is 0 Å². The van der Waals surface area contributed by atoms with Crippen LogP contribution < -0.4 is 0 Å². The molecular weight excluding hydrogens is 304 g/mol. The largest absolute Gasteiger partial charge is 0.394 e. The molecule has 3 fully saturated rings. The highest BCUT2D eigenvalue weighted by molar-refractivity contribution is 4.96. The molecule has 0 radical (unpaired) electrons. The van der Waals surface area contributed by atoms with Gasteiger partial charge in [-0.2, -0.15) is 0 Å². The molecule has 0 saturated carbocycles. The fraction of sp³-hybridized carbons (Fsp3) is 1.00. The molecule has 0 aromatic heterocycles. The van der Waals surface area contributed by atoms with E-state index in [0.717, 1.165) is 0 Å². The van der Waals surface area contributed by atoms with E-state index in [1.54, 1.807) is 0 Å². The van der Waals surface area contributed by atoms with Gasteiger partial charge in [-0.3, -0.25) is 0 Å². The minimum absolute atomic E-state index is 0.0842. The molecule has 10 atom stereocenters. The maximum absolute atomic E-state index is 10.0. The van der Waals surface area contributed by atoms with Crippen LogP contribution in [0.25, 0.3) is 0 Å². The minimum Gasteiger partial charge on any atom is -0.394 e. The Labute approximate surface area is 125 Å². The van der Waals surface area contributed by atoms with E-state index in [1.807, 2.05) is 0 Å². The quantitative estimate of drug-likeness (QED) is 0.299. The third-order valence-corrected chi connectivity index (χ3v) is 4.21. The van der Waals surface area contributed by atoms with Crippen molar-refractivity contribution in [1.82, 2.24) is 0 Å². The number of rotatable bonds is 3. The summed E-state index contributed by atoms with van der Waals surface area (Å²) >= 11 is 0. The average Bonchev–Trinajstić information content (AvgIpc) is 2.96. The highest BCUT2D eigenvalue weighted by Crippen LogP contribution is 2.32. The number of aliphatic hydroxyl groups is 6. The second-order valence-electron chi connectivity index (χ2n) is 5.66. The van der Waals surface area contributed by atoms with Crippen molar-refractivity contribution in [3.8, 4) is 0 Å². The van der Waals surface area contributed by atoms with Gasteiger partial charge >= 0.3 is 0 Å². The zero-order valence-electron chi connectivity index (χ0n) is 11.5. The summed E-state index contributed by atoms with van der Waals surface area (Å²) in [6.07, 6.45) is -12.5. The van der Waals surface area contributed by atoms with Crippen LogP contribution in [0.3, 0.4) is 0 Å². The van der Waals surface area contributed by atoms with Crippen LogP contribution in [-0.4, -0.2) is 105 Å². The molecule has 3 heterocycles. The molecule has 3 aliphatic heterocycles. The van der Waals surface area contributed by atoms with Crippen LogP contribution >= 0.6 is 0 Å². The predicted octanol–water partition coefficient (Wildman–Crippen LogP) is -4.35. The first-order valence-corrected chi connectivity index (χ1v) is 7.03. The molecule has 0 amide bonds. The monoisotopic (exact) mass is 324 g/mol. The second kappa shape index (κ2) is 6.24. The first-order chi connectivity index (χ1) is 10.4. The van der Waals surface area contributed by atoms with Gasteiger partial charge in [0.05, 0.1) is 13.2 Å². The molecule has 0 aromatic carbocycles. The molecule has 3 aliphatic rings. The molecule has 0 aliphatic carbocycles. The Kier molecular flexibility index (Phi) is 4.67. The third kappa shape index (κ3) is 2.65. The fourth-order valence-electron chi connectivity index (χ4n) is 2.87. The third-order valence-electron chi connectivity index (χ3n) is 4.21. The summed E-state index contributed by atoms with van der Waals surface area (Å²) in [5, 5.41) is 58.3. The van der Waals surface area contributed by atoms with E-state index in [9.17, 15) is 25.5 Å². The SMILES string of the molecule is OC[C@H]1O[C@@H](O[C@H]2[C@H](O)[C@@H](O)[C@H]3OC[C@@H]2O3)[C@H](O)[C@@H](O)[C@H]1O. The number of hydrogen-bond acceptors (Lipinski definition) is 10. The van der Waals surface area contributed by atoms with Crippen molar-refractivity contribution in [3.63, 3.8) is 0 Å². The fourth-order valence-corrected chi connectivity index (χ4v) is 2.87. The number of ether oxygens (including phenoxy) is 4. The van der Waals surface area contributed by atoms with Gasteiger partial charge in [-0.1, -0.05) is 0 Å². The van der Waals surface area contributed by atoms with Crippen molar-refractivity contribution < 1.29 is 49.6 Å². The van der Waals surface area contributed by atoms with E-state index >= 15 is 0 Å². The van der Waals surface area contributed by atoms with Gasteiger partial charge in [-0.25, -0.2) is 0 Å². The molecule has 10 nitrogen and oxygen atoms in total. The van der Waals surface area contributed by atoms with Crippen molar-refractivity contribution in [3.05, 3.63) is 0 Å². The van der Waals surface area contributed by atoms with Crippen LogP contribution in [0, 0.1) is 0 Å². The summed E-state index contributed by atoms with van der Waals surface area (Å²) in [4.78, 5) is 0. The van der Waals surface area contributed by atoms with Gasteiger partial charge in [0.25, 0.3) is 0 Å². The molecular formula is C12H20O10. The number of fused-ring (bicyclic) bond motifs is 2. The van der Waals surface area contributed by atoms with Crippen LogP contribution in [0.2, 0.25) is 0 Å². The van der Waals surface area contributed by atoms with E-state index in [-0.39, 0.29) is 6.61 Å². The zero-order chi connectivity index (χ0) is 16.0. The highest BCUT2D eigenvalue weighted by atomic mass is 16.8. The molecule has 6 N–H and O–H groups in total. The van der Waals surface area contributed by atoms with Gasteiger partial charge in [-0.05, 0) is 0 Å². The van der Waals surface area contributed by atoms with E-state index in [0.29, 0.717) is 0 Å². The lowest BCUT2D eigenvalue weighted by Gasteiger charge is -2.43. The molecule has 10 heteroatoms. The van der Waals surface area contributed by atoms with Gasteiger partial charge in [0.1, 0.15) is 48.8 Å².